The number of hydrogen-bond donors (Lipinski definition) is 0. The van der Waals surface area contributed by atoms with Crippen LogP contribution < -0.4 is 0 Å². The number of benzene rings is 1. The molecule has 0 saturated heterocycles. The molecular formula is C16H21N3O. The van der Waals surface area contributed by atoms with Crippen LogP contribution in [0.4, 0.5) is 0 Å². The van der Waals surface area contributed by atoms with E-state index in [9.17, 15) is 4.79 Å². The molecule has 1 aromatic heterocycles. The number of amides is 1. The summed E-state index contributed by atoms with van der Waals surface area (Å²) in [5, 5.41) is 4.34. The van der Waals surface area contributed by atoms with Gasteiger partial charge >= 0.3 is 0 Å². The maximum atomic E-state index is 12.0. The fraction of sp³-hybridized carbons (Fsp3) is 0.375. The number of aryl methyl sites for hydroxylation is 1. The normalized spacial score (nSPS) is 10.5. The molecule has 2 aromatic rings. The second-order valence-electron chi connectivity index (χ2n) is 4.69. The van der Waals surface area contributed by atoms with Crippen LogP contribution in [-0.2, 0) is 11.2 Å². The quantitative estimate of drug-likeness (QED) is 0.810. The summed E-state index contributed by atoms with van der Waals surface area (Å²) in [4.78, 5) is 13.8. The summed E-state index contributed by atoms with van der Waals surface area (Å²) in [5.74, 6) is 0.211. The van der Waals surface area contributed by atoms with E-state index in [0.717, 1.165) is 30.8 Å². The standard InChI is InChI=1S/C16H21N3O/c1-3-18(4-2)16(20)11-10-14-12-17-19(13-14)15-8-6-5-7-9-15/h5-9,12-13H,3-4,10-11H2,1-2H3. The van der Waals surface area contributed by atoms with Gasteiger partial charge in [0.05, 0.1) is 11.9 Å². The molecule has 1 amide bonds. The molecule has 0 spiro atoms. The summed E-state index contributed by atoms with van der Waals surface area (Å²) < 4.78 is 1.84. The van der Waals surface area contributed by atoms with Gasteiger partial charge in [0.1, 0.15) is 0 Å². The molecule has 4 nitrogen and oxygen atoms in total. The number of rotatable bonds is 6. The lowest BCUT2D eigenvalue weighted by Crippen LogP contribution is -2.30. The molecule has 4 heteroatoms. The van der Waals surface area contributed by atoms with Gasteiger partial charge in [-0.2, -0.15) is 5.10 Å². The highest BCUT2D eigenvalue weighted by Gasteiger charge is 2.10. The fourth-order valence-electron chi connectivity index (χ4n) is 2.20. The van der Waals surface area contributed by atoms with Crippen LogP contribution in [0.1, 0.15) is 25.8 Å². The molecule has 0 bridgehead atoms. The van der Waals surface area contributed by atoms with E-state index >= 15 is 0 Å². The van der Waals surface area contributed by atoms with E-state index in [-0.39, 0.29) is 5.91 Å². The van der Waals surface area contributed by atoms with Crippen molar-refractivity contribution in [3.05, 3.63) is 48.3 Å². The number of nitrogens with zero attached hydrogens (tertiary/aromatic N) is 3. The van der Waals surface area contributed by atoms with Gasteiger partial charge in [-0.25, -0.2) is 4.68 Å². The third kappa shape index (κ3) is 3.47. The van der Waals surface area contributed by atoms with Gasteiger partial charge < -0.3 is 4.90 Å². The maximum Gasteiger partial charge on any atom is 0.222 e. The minimum absolute atomic E-state index is 0.211. The SMILES string of the molecule is CCN(CC)C(=O)CCc1cnn(-c2ccccc2)c1. The molecule has 0 aliphatic rings. The molecule has 0 unspecified atom stereocenters. The van der Waals surface area contributed by atoms with Crippen molar-refractivity contribution in [1.82, 2.24) is 14.7 Å². The summed E-state index contributed by atoms with van der Waals surface area (Å²) in [7, 11) is 0. The molecule has 2 rings (SSSR count). The molecule has 106 valence electrons. The first-order valence-electron chi connectivity index (χ1n) is 7.11. The lowest BCUT2D eigenvalue weighted by molar-refractivity contribution is -0.130. The van der Waals surface area contributed by atoms with Crippen LogP contribution in [0.5, 0.6) is 0 Å². The van der Waals surface area contributed by atoms with Gasteiger partial charge in [0.25, 0.3) is 0 Å². The van der Waals surface area contributed by atoms with Crippen molar-refractivity contribution in [3.8, 4) is 5.69 Å². The van der Waals surface area contributed by atoms with Crippen molar-refractivity contribution in [1.29, 1.82) is 0 Å². The second-order valence-corrected chi connectivity index (χ2v) is 4.69. The van der Waals surface area contributed by atoms with E-state index in [4.69, 9.17) is 0 Å². The Morgan fingerprint density at radius 3 is 2.55 bits per heavy atom. The lowest BCUT2D eigenvalue weighted by Gasteiger charge is -2.18. The van der Waals surface area contributed by atoms with Crippen LogP contribution in [0.2, 0.25) is 0 Å². The topological polar surface area (TPSA) is 38.1 Å². The van der Waals surface area contributed by atoms with E-state index in [1.807, 2.05) is 66.2 Å². The van der Waals surface area contributed by atoms with Gasteiger partial charge in [0.2, 0.25) is 5.91 Å². The van der Waals surface area contributed by atoms with Crippen molar-refractivity contribution in [3.63, 3.8) is 0 Å². The first kappa shape index (κ1) is 14.3. The van der Waals surface area contributed by atoms with Crippen molar-refractivity contribution in [2.24, 2.45) is 0 Å². The van der Waals surface area contributed by atoms with Crippen LogP contribution in [0.25, 0.3) is 5.69 Å². The number of para-hydroxylation sites is 1. The molecular weight excluding hydrogens is 250 g/mol. The molecule has 0 radical (unpaired) electrons. The molecule has 1 aromatic carbocycles. The van der Waals surface area contributed by atoms with E-state index in [1.54, 1.807) is 0 Å². The minimum atomic E-state index is 0.211. The number of carbonyl (C=O) groups is 1. The molecule has 0 atom stereocenters. The van der Waals surface area contributed by atoms with E-state index in [1.165, 1.54) is 0 Å². The van der Waals surface area contributed by atoms with Crippen LogP contribution in [0.15, 0.2) is 42.7 Å². The highest BCUT2D eigenvalue weighted by Crippen LogP contribution is 2.09. The number of aromatic nitrogens is 2. The van der Waals surface area contributed by atoms with Gasteiger partial charge in [0, 0.05) is 25.7 Å². The predicted octanol–water partition coefficient (Wildman–Crippen LogP) is 2.67. The molecule has 0 fully saturated rings. The molecule has 20 heavy (non-hydrogen) atoms. The Kier molecular flexibility index (Phi) is 4.93. The first-order chi connectivity index (χ1) is 9.74. The monoisotopic (exact) mass is 271 g/mol. The summed E-state index contributed by atoms with van der Waals surface area (Å²) in [5.41, 5.74) is 2.13. The smallest absolute Gasteiger partial charge is 0.222 e. The average molecular weight is 271 g/mol. The first-order valence-corrected chi connectivity index (χ1v) is 7.11. The lowest BCUT2D eigenvalue weighted by atomic mass is 10.2. The highest BCUT2D eigenvalue weighted by molar-refractivity contribution is 5.76. The van der Waals surface area contributed by atoms with Crippen molar-refractivity contribution >= 4 is 5.91 Å². The van der Waals surface area contributed by atoms with Crippen molar-refractivity contribution in [2.45, 2.75) is 26.7 Å². The van der Waals surface area contributed by atoms with E-state index < -0.39 is 0 Å². The summed E-state index contributed by atoms with van der Waals surface area (Å²) in [6.07, 6.45) is 5.11. The van der Waals surface area contributed by atoms with Gasteiger partial charge in [-0.05, 0) is 38.0 Å². The summed E-state index contributed by atoms with van der Waals surface area (Å²) in [6.45, 7) is 5.57. The Morgan fingerprint density at radius 2 is 1.90 bits per heavy atom. The van der Waals surface area contributed by atoms with Gasteiger partial charge in [-0.1, -0.05) is 18.2 Å². The average Bonchev–Trinajstić information content (AvgIpc) is 2.96. The molecule has 0 aliphatic heterocycles. The zero-order valence-corrected chi connectivity index (χ0v) is 12.1. The third-order valence-electron chi connectivity index (χ3n) is 3.40. The predicted molar refractivity (Wildman–Crippen MR) is 79.8 cm³/mol. The zero-order chi connectivity index (χ0) is 14.4. The number of carbonyl (C=O) groups excluding carboxylic acids is 1. The summed E-state index contributed by atoms with van der Waals surface area (Å²) in [6, 6.07) is 9.98. The van der Waals surface area contributed by atoms with Crippen LogP contribution in [-0.4, -0.2) is 33.7 Å². The van der Waals surface area contributed by atoms with Gasteiger partial charge in [-0.15, -0.1) is 0 Å². The largest absolute Gasteiger partial charge is 0.343 e. The maximum absolute atomic E-state index is 12.0. The van der Waals surface area contributed by atoms with Crippen LogP contribution >= 0.6 is 0 Å². The Bertz CT molecular complexity index is 544. The molecule has 0 saturated carbocycles. The van der Waals surface area contributed by atoms with Gasteiger partial charge in [0.15, 0.2) is 0 Å². The Hall–Kier alpha value is -2.10. The molecule has 0 aliphatic carbocycles. The third-order valence-corrected chi connectivity index (χ3v) is 3.40. The Labute approximate surface area is 120 Å². The van der Waals surface area contributed by atoms with Crippen molar-refractivity contribution in [2.75, 3.05) is 13.1 Å². The zero-order valence-electron chi connectivity index (χ0n) is 12.1. The van der Waals surface area contributed by atoms with E-state index in [0.29, 0.717) is 6.42 Å². The second kappa shape index (κ2) is 6.89. The molecule has 0 N–H and O–H groups in total. The summed E-state index contributed by atoms with van der Waals surface area (Å²) >= 11 is 0. The molecule has 1 heterocycles. The highest BCUT2D eigenvalue weighted by atomic mass is 16.2. The minimum Gasteiger partial charge on any atom is -0.343 e. The van der Waals surface area contributed by atoms with Crippen LogP contribution in [0, 0.1) is 0 Å². The Balaban J connectivity index is 1.95. The number of hydrogen-bond acceptors (Lipinski definition) is 2. The Morgan fingerprint density at radius 1 is 1.20 bits per heavy atom. The van der Waals surface area contributed by atoms with Gasteiger partial charge in [-0.3, -0.25) is 4.79 Å². The van der Waals surface area contributed by atoms with Crippen molar-refractivity contribution < 1.29 is 4.79 Å². The van der Waals surface area contributed by atoms with E-state index in [2.05, 4.69) is 5.10 Å². The van der Waals surface area contributed by atoms with Crippen LogP contribution in [0.3, 0.4) is 0 Å². The fourth-order valence-corrected chi connectivity index (χ4v) is 2.20.